The first-order valence-electron chi connectivity index (χ1n) is 8.36. The van der Waals surface area contributed by atoms with Gasteiger partial charge in [0.25, 0.3) is 0 Å². The summed E-state index contributed by atoms with van der Waals surface area (Å²) < 4.78 is 1.70. The van der Waals surface area contributed by atoms with Crippen molar-refractivity contribution in [1.82, 2.24) is 4.57 Å². The van der Waals surface area contributed by atoms with E-state index in [2.05, 4.69) is 5.32 Å². The van der Waals surface area contributed by atoms with E-state index in [1.54, 1.807) is 28.8 Å². The number of amides is 1. The van der Waals surface area contributed by atoms with Crippen LogP contribution in [0.25, 0.3) is 21.7 Å². The monoisotopic (exact) mass is 360 g/mol. The van der Waals surface area contributed by atoms with Crippen molar-refractivity contribution in [2.24, 2.45) is 0 Å². The maximum Gasteiger partial charge on any atom is 0.409 e. The zero-order valence-corrected chi connectivity index (χ0v) is 14.2. The molecule has 4 rings (SSSR count). The van der Waals surface area contributed by atoms with Gasteiger partial charge in [-0.25, -0.2) is 9.59 Å². The molecule has 1 heterocycles. The van der Waals surface area contributed by atoms with Crippen molar-refractivity contribution < 1.29 is 19.8 Å². The Morgan fingerprint density at radius 1 is 0.889 bits per heavy atom. The van der Waals surface area contributed by atoms with Crippen LogP contribution in [0.15, 0.2) is 66.7 Å². The van der Waals surface area contributed by atoms with Crippen LogP contribution in [0.2, 0.25) is 0 Å². The Morgan fingerprint density at radius 3 is 2.44 bits per heavy atom. The number of aromatic carboxylic acids is 1. The molecule has 0 saturated heterocycles. The van der Waals surface area contributed by atoms with E-state index >= 15 is 0 Å². The molecule has 3 aromatic carbocycles. The number of hydrogen-bond acceptors (Lipinski definition) is 2. The molecule has 134 valence electrons. The highest BCUT2D eigenvalue weighted by Gasteiger charge is 2.16. The van der Waals surface area contributed by atoms with Gasteiger partial charge in [-0.1, -0.05) is 48.5 Å². The summed E-state index contributed by atoms with van der Waals surface area (Å²) in [5, 5.41) is 23.8. The Bertz CT molecular complexity index is 1190. The van der Waals surface area contributed by atoms with E-state index in [1.807, 2.05) is 42.5 Å². The van der Waals surface area contributed by atoms with Gasteiger partial charge in [-0.05, 0) is 34.5 Å². The maximum atomic E-state index is 11.8. The number of carboxylic acids is 1. The van der Waals surface area contributed by atoms with Crippen LogP contribution in [0.5, 0.6) is 0 Å². The molecule has 0 unspecified atom stereocenters. The zero-order valence-electron chi connectivity index (χ0n) is 14.2. The molecule has 0 aliphatic rings. The fraction of sp³-hybridized carbons (Fsp3) is 0.0476. The molecule has 0 fully saturated rings. The number of carbonyl (C=O) groups is 2. The number of nitrogens with one attached hydrogen (secondary N) is 1. The normalized spacial score (nSPS) is 11.0. The van der Waals surface area contributed by atoms with Crippen LogP contribution in [0.1, 0.15) is 16.1 Å². The van der Waals surface area contributed by atoms with E-state index < -0.39 is 12.1 Å². The second kappa shape index (κ2) is 6.49. The predicted molar refractivity (Wildman–Crippen MR) is 104 cm³/mol. The predicted octanol–water partition coefficient (Wildman–Crippen LogP) is 4.63. The molecule has 27 heavy (non-hydrogen) atoms. The van der Waals surface area contributed by atoms with Crippen LogP contribution in [-0.4, -0.2) is 26.8 Å². The molecule has 4 aromatic rings. The number of anilines is 1. The molecule has 0 radical (unpaired) electrons. The highest BCUT2D eigenvalue weighted by Crippen LogP contribution is 2.27. The third kappa shape index (κ3) is 3.08. The lowest BCUT2D eigenvalue weighted by Gasteiger charge is -2.12. The SMILES string of the molecule is O=C(O)Nc1ccc2cc(C(=O)O)n(Cc3cccc4ccccc34)c2c1. The summed E-state index contributed by atoms with van der Waals surface area (Å²) in [4.78, 5) is 22.7. The second-order valence-corrected chi connectivity index (χ2v) is 6.26. The van der Waals surface area contributed by atoms with Crippen LogP contribution in [0.3, 0.4) is 0 Å². The Labute approximate surface area is 154 Å². The topological polar surface area (TPSA) is 91.6 Å². The first-order chi connectivity index (χ1) is 13.0. The van der Waals surface area contributed by atoms with Crippen molar-refractivity contribution in [3.05, 3.63) is 78.0 Å². The Morgan fingerprint density at radius 2 is 1.67 bits per heavy atom. The number of nitrogens with zero attached hydrogens (tertiary/aromatic N) is 1. The second-order valence-electron chi connectivity index (χ2n) is 6.26. The van der Waals surface area contributed by atoms with Gasteiger partial charge in [0.2, 0.25) is 0 Å². The van der Waals surface area contributed by atoms with Crippen molar-refractivity contribution in [3.8, 4) is 0 Å². The number of fused-ring (bicyclic) bond motifs is 2. The van der Waals surface area contributed by atoms with Crippen molar-refractivity contribution in [3.63, 3.8) is 0 Å². The van der Waals surface area contributed by atoms with Crippen molar-refractivity contribution in [1.29, 1.82) is 0 Å². The molecule has 0 saturated carbocycles. The smallest absolute Gasteiger partial charge is 0.409 e. The minimum atomic E-state index is -1.17. The molecule has 0 aliphatic carbocycles. The fourth-order valence-electron chi connectivity index (χ4n) is 3.40. The van der Waals surface area contributed by atoms with Gasteiger partial charge in [-0.15, -0.1) is 0 Å². The Balaban J connectivity index is 1.89. The maximum absolute atomic E-state index is 11.8. The largest absolute Gasteiger partial charge is 0.477 e. The Kier molecular flexibility index (Phi) is 4.01. The lowest BCUT2D eigenvalue weighted by atomic mass is 10.0. The summed E-state index contributed by atoms with van der Waals surface area (Å²) in [5.74, 6) is -1.03. The van der Waals surface area contributed by atoms with Crippen molar-refractivity contribution in [2.75, 3.05) is 5.32 Å². The van der Waals surface area contributed by atoms with Gasteiger partial charge in [-0.2, -0.15) is 0 Å². The Hall–Kier alpha value is -3.80. The molecule has 6 heteroatoms. The van der Waals surface area contributed by atoms with Crippen molar-refractivity contribution in [2.45, 2.75) is 6.54 Å². The lowest BCUT2D eigenvalue weighted by molar-refractivity contribution is 0.0686. The van der Waals surface area contributed by atoms with Crippen molar-refractivity contribution >= 4 is 39.4 Å². The molecule has 0 spiro atoms. The minimum absolute atomic E-state index is 0.158. The van der Waals surface area contributed by atoms with Gasteiger partial charge in [-0.3, -0.25) is 5.32 Å². The summed E-state index contributed by atoms with van der Waals surface area (Å²) in [6.07, 6.45) is -1.17. The van der Waals surface area contributed by atoms with Crippen LogP contribution in [-0.2, 0) is 6.54 Å². The minimum Gasteiger partial charge on any atom is -0.477 e. The highest BCUT2D eigenvalue weighted by atomic mass is 16.4. The summed E-state index contributed by atoms with van der Waals surface area (Å²) in [5.41, 5.74) is 2.20. The quantitative estimate of drug-likeness (QED) is 0.495. The molecule has 0 aliphatic heterocycles. The summed E-state index contributed by atoms with van der Waals surface area (Å²) in [7, 11) is 0. The highest BCUT2D eigenvalue weighted by molar-refractivity contribution is 5.97. The molecule has 6 nitrogen and oxygen atoms in total. The van der Waals surface area contributed by atoms with E-state index in [0.29, 0.717) is 17.7 Å². The molecule has 3 N–H and O–H groups in total. The van der Waals surface area contributed by atoms with Crippen LogP contribution < -0.4 is 5.32 Å². The van der Waals surface area contributed by atoms with Gasteiger partial charge < -0.3 is 14.8 Å². The third-order valence-corrected chi connectivity index (χ3v) is 4.58. The lowest BCUT2D eigenvalue weighted by Crippen LogP contribution is -2.10. The van der Waals surface area contributed by atoms with E-state index in [1.165, 1.54) is 0 Å². The molecule has 1 amide bonds. The first kappa shape index (κ1) is 16.7. The number of hydrogen-bond donors (Lipinski definition) is 3. The van der Waals surface area contributed by atoms with Gasteiger partial charge >= 0.3 is 12.1 Å². The number of benzene rings is 3. The van der Waals surface area contributed by atoms with E-state index in [-0.39, 0.29) is 5.69 Å². The average molecular weight is 360 g/mol. The number of rotatable bonds is 4. The standard InChI is InChI=1S/C21H16N2O4/c24-20(25)19-10-14-8-9-16(22-21(26)27)11-18(14)23(19)12-15-6-3-5-13-4-1-2-7-17(13)15/h1-11,22H,12H2,(H,24,25)(H,26,27). The average Bonchev–Trinajstić information content (AvgIpc) is 3.00. The van der Waals surface area contributed by atoms with Gasteiger partial charge in [0, 0.05) is 17.6 Å². The zero-order chi connectivity index (χ0) is 19.0. The van der Waals surface area contributed by atoms with Crippen LogP contribution in [0.4, 0.5) is 10.5 Å². The summed E-state index contributed by atoms with van der Waals surface area (Å²) in [6.45, 7) is 0.364. The molecular formula is C21H16N2O4. The molecule has 0 atom stereocenters. The number of carboxylic acid groups (broad SMARTS) is 2. The van der Waals surface area contributed by atoms with E-state index in [4.69, 9.17) is 5.11 Å². The molecule has 0 bridgehead atoms. The van der Waals surface area contributed by atoms with Gasteiger partial charge in [0.1, 0.15) is 5.69 Å². The van der Waals surface area contributed by atoms with Gasteiger partial charge in [0.05, 0.1) is 5.52 Å². The number of aromatic nitrogens is 1. The van der Waals surface area contributed by atoms with Gasteiger partial charge in [0.15, 0.2) is 0 Å². The molecular weight excluding hydrogens is 344 g/mol. The first-order valence-corrected chi connectivity index (χ1v) is 8.36. The summed E-state index contributed by atoms with van der Waals surface area (Å²) >= 11 is 0. The summed E-state index contributed by atoms with van der Waals surface area (Å²) in [6, 6.07) is 20.5. The van der Waals surface area contributed by atoms with E-state index in [0.717, 1.165) is 21.7 Å². The molecule has 1 aromatic heterocycles. The third-order valence-electron chi connectivity index (χ3n) is 4.58. The van der Waals surface area contributed by atoms with Crippen LogP contribution in [0, 0.1) is 0 Å². The van der Waals surface area contributed by atoms with E-state index in [9.17, 15) is 14.7 Å². The fourth-order valence-corrected chi connectivity index (χ4v) is 3.40. The van der Waals surface area contributed by atoms with Crippen LogP contribution >= 0.6 is 0 Å².